The number of rotatable bonds is 8. The highest BCUT2D eigenvalue weighted by atomic mass is 32.2. The Morgan fingerprint density at radius 3 is 1.83 bits per heavy atom. The second-order valence-corrected chi connectivity index (χ2v) is 9.86. The SMILES string of the molecule is CSCC[C@@H](CP(=O)(c1ccccc1)c1ccccc1)N(C)C. The number of hydrogen-bond acceptors (Lipinski definition) is 3. The van der Waals surface area contributed by atoms with Gasteiger partial charge < -0.3 is 9.46 Å². The van der Waals surface area contributed by atoms with E-state index in [9.17, 15) is 4.57 Å². The fourth-order valence-corrected chi connectivity index (χ4v) is 6.40. The van der Waals surface area contributed by atoms with E-state index in [0.717, 1.165) is 22.8 Å². The van der Waals surface area contributed by atoms with Crippen LogP contribution in [-0.2, 0) is 4.57 Å². The van der Waals surface area contributed by atoms with E-state index < -0.39 is 7.14 Å². The summed E-state index contributed by atoms with van der Waals surface area (Å²) in [7, 11) is 1.55. The van der Waals surface area contributed by atoms with Gasteiger partial charge in [-0.3, -0.25) is 0 Å². The van der Waals surface area contributed by atoms with Crippen molar-refractivity contribution in [2.75, 3.05) is 32.3 Å². The van der Waals surface area contributed by atoms with Gasteiger partial charge in [0, 0.05) is 22.8 Å². The van der Waals surface area contributed by atoms with Gasteiger partial charge >= 0.3 is 0 Å². The van der Waals surface area contributed by atoms with Crippen LogP contribution in [0.2, 0.25) is 0 Å². The van der Waals surface area contributed by atoms with Gasteiger partial charge in [-0.2, -0.15) is 11.8 Å². The van der Waals surface area contributed by atoms with E-state index in [1.165, 1.54) is 0 Å². The van der Waals surface area contributed by atoms with Gasteiger partial charge in [-0.05, 0) is 32.5 Å². The van der Waals surface area contributed by atoms with Crippen LogP contribution in [0.3, 0.4) is 0 Å². The Balaban J connectivity index is 2.40. The molecule has 2 aromatic rings. The Bertz CT molecular complexity index is 587. The minimum Gasteiger partial charge on any atom is -0.314 e. The second kappa shape index (κ2) is 8.73. The summed E-state index contributed by atoms with van der Waals surface area (Å²) in [5.41, 5.74) is 0. The van der Waals surface area contributed by atoms with Crippen molar-refractivity contribution in [3.63, 3.8) is 0 Å². The highest BCUT2D eigenvalue weighted by Gasteiger charge is 2.31. The average Bonchev–Trinajstić information content (AvgIpc) is 2.59. The molecule has 23 heavy (non-hydrogen) atoms. The molecular formula is C19H26NOPS. The maximum atomic E-state index is 14.1. The number of nitrogens with zero attached hydrogens (tertiary/aromatic N) is 1. The molecule has 0 unspecified atom stereocenters. The van der Waals surface area contributed by atoms with Gasteiger partial charge in [0.15, 0.2) is 0 Å². The molecular weight excluding hydrogens is 321 g/mol. The number of hydrogen-bond donors (Lipinski definition) is 0. The summed E-state index contributed by atoms with van der Waals surface area (Å²) in [6, 6.07) is 20.2. The van der Waals surface area contributed by atoms with Gasteiger partial charge in [-0.25, -0.2) is 0 Å². The molecule has 0 aromatic heterocycles. The van der Waals surface area contributed by atoms with E-state index in [0.29, 0.717) is 12.2 Å². The number of benzene rings is 2. The molecule has 1 atom stereocenters. The predicted molar refractivity (Wildman–Crippen MR) is 105 cm³/mol. The molecule has 0 heterocycles. The van der Waals surface area contributed by atoms with Crippen LogP contribution in [0.25, 0.3) is 0 Å². The van der Waals surface area contributed by atoms with E-state index in [1.807, 2.05) is 72.4 Å². The lowest BCUT2D eigenvalue weighted by atomic mass is 10.2. The molecule has 0 fully saturated rings. The second-order valence-electron chi connectivity index (χ2n) is 5.99. The molecule has 0 N–H and O–H groups in total. The zero-order valence-corrected chi connectivity index (χ0v) is 15.9. The zero-order chi connectivity index (χ0) is 16.7. The molecule has 2 aromatic carbocycles. The molecule has 0 amide bonds. The monoisotopic (exact) mass is 347 g/mol. The van der Waals surface area contributed by atoms with Crippen LogP contribution in [0.4, 0.5) is 0 Å². The average molecular weight is 347 g/mol. The normalized spacial score (nSPS) is 13.2. The summed E-state index contributed by atoms with van der Waals surface area (Å²) < 4.78 is 14.1. The minimum atomic E-state index is -2.63. The molecule has 0 saturated carbocycles. The predicted octanol–water partition coefficient (Wildman–Crippen LogP) is 3.68. The molecule has 2 rings (SSSR count). The standard InChI is InChI=1S/C19H26NOPS/c1-20(2)17(14-15-23-3)16-22(21,18-10-6-4-7-11-18)19-12-8-5-9-13-19/h4-13,17H,14-16H2,1-3H3/t17-/m0/s1. The molecule has 0 aliphatic carbocycles. The van der Waals surface area contributed by atoms with E-state index >= 15 is 0 Å². The first-order valence-electron chi connectivity index (χ1n) is 7.93. The largest absolute Gasteiger partial charge is 0.314 e. The topological polar surface area (TPSA) is 20.3 Å². The smallest absolute Gasteiger partial charge is 0.144 e. The molecule has 0 aliphatic rings. The number of thioether (sulfide) groups is 1. The van der Waals surface area contributed by atoms with Crippen LogP contribution in [0.15, 0.2) is 60.7 Å². The van der Waals surface area contributed by atoms with Crippen LogP contribution < -0.4 is 10.6 Å². The van der Waals surface area contributed by atoms with Crippen molar-refractivity contribution in [1.29, 1.82) is 0 Å². The van der Waals surface area contributed by atoms with Gasteiger partial charge in [-0.1, -0.05) is 60.7 Å². The summed E-state index contributed by atoms with van der Waals surface area (Å²) in [4.78, 5) is 2.22. The van der Waals surface area contributed by atoms with Crippen molar-refractivity contribution in [1.82, 2.24) is 4.90 Å². The molecule has 124 valence electrons. The van der Waals surface area contributed by atoms with Gasteiger partial charge in [0.1, 0.15) is 7.14 Å². The molecule has 0 bridgehead atoms. The van der Waals surface area contributed by atoms with E-state index in [4.69, 9.17) is 0 Å². The summed E-state index contributed by atoms with van der Waals surface area (Å²) in [6.07, 6.45) is 3.87. The maximum absolute atomic E-state index is 14.1. The Morgan fingerprint density at radius 2 is 1.43 bits per heavy atom. The lowest BCUT2D eigenvalue weighted by molar-refractivity contribution is 0.310. The lowest BCUT2D eigenvalue weighted by Gasteiger charge is -2.29. The summed E-state index contributed by atoms with van der Waals surface area (Å²) in [6.45, 7) is 0. The molecule has 4 heteroatoms. The third-order valence-corrected chi connectivity index (χ3v) is 8.04. The van der Waals surface area contributed by atoms with Crippen LogP contribution in [-0.4, -0.2) is 43.2 Å². The Labute approximate surface area is 144 Å². The first-order valence-corrected chi connectivity index (χ1v) is 11.2. The van der Waals surface area contributed by atoms with Crippen LogP contribution >= 0.6 is 18.9 Å². The van der Waals surface area contributed by atoms with E-state index in [2.05, 4.69) is 25.3 Å². The van der Waals surface area contributed by atoms with Gasteiger partial charge in [0.25, 0.3) is 0 Å². The minimum absolute atomic E-state index is 0.314. The van der Waals surface area contributed by atoms with Crippen molar-refractivity contribution in [3.05, 3.63) is 60.7 Å². The Kier molecular flexibility index (Phi) is 6.95. The van der Waals surface area contributed by atoms with Crippen molar-refractivity contribution >= 4 is 29.5 Å². The van der Waals surface area contributed by atoms with Crippen molar-refractivity contribution < 1.29 is 4.57 Å². The molecule has 0 spiro atoms. The van der Waals surface area contributed by atoms with Crippen molar-refractivity contribution in [2.45, 2.75) is 12.5 Å². The molecule has 2 nitrogen and oxygen atoms in total. The van der Waals surface area contributed by atoms with E-state index in [1.54, 1.807) is 0 Å². The fraction of sp³-hybridized carbons (Fsp3) is 0.368. The third-order valence-electron chi connectivity index (χ3n) is 4.20. The highest BCUT2D eigenvalue weighted by molar-refractivity contribution is 7.98. The van der Waals surface area contributed by atoms with Gasteiger partial charge in [0.2, 0.25) is 0 Å². The summed E-state index contributed by atoms with van der Waals surface area (Å²) >= 11 is 1.85. The van der Waals surface area contributed by atoms with Crippen molar-refractivity contribution in [3.8, 4) is 0 Å². The van der Waals surface area contributed by atoms with Crippen molar-refractivity contribution in [2.24, 2.45) is 0 Å². The van der Waals surface area contributed by atoms with Crippen LogP contribution in [0.5, 0.6) is 0 Å². The highest BCUT2D eigenvalue weighted by Crippen LogP contribution is 2.44. The summed E-state index contributed by atoms with van der Waals surface area (Å²) in [5.74, 6) is 1.09. The van der Waals surface area contributed by atoms with Crippen LogP contribution in [0.1, 0.15) is 6.42 Å². The van der Waals surface area contributed by atoms with E-state index in [-0.39, 0.29) is 0 Å². The summed E-state index contributed by atoms with van der Waals surface area (Å²) in [5, 5.41) is 1.92. The molecule has 0 radical (unpaired) electrons. The zero-order valence-electron chi connectivity index (χ0n) is 14.2. The Morgan fingerprint density at radius 1 is 0.957 bits per heavy atom. The first-order chi connectivity index (χ1) is 11.1. The third kappa shape index (κ3) is 4.73. The fourth-order valence-electron chi connectivity index (χ4n) is 2.76. The first kappa shape index (κ1) is 18.3. The lowest BCUT2D eigenvalue weighted by Crippen LogP contribution is -2.35. The van der Waals surface area contributed by atoms with Crippen LogP contribution in [0, 0.1) is 0 Å². The molecule has 0 saturated heterocycles. The van der Waals surface area contributed by atoms with Gasteiger partial charge in [-0.15, -0.1) is 0 Å². The van der Waals surface area contributed by atoms with Gasteiger partial charge in [0.05, 0.1) is 0 Å². The Hall–Kier alpha value is -1.02. The quantitative estimate of drug-likeness (QED) is 0.680. The maximum Gasteiger partial charge on any atom is 0.144 e. The molecule has 0 aliphatic heterocycles.